The van der Waals surface area contributed by atoms with Gasteiger partial charge in [0.2, 0.25) is 0 Å². The zero-order valence-electron chi connectivity index (χ0n) is 15.3. The molecule has 0 amide bonds. The Kier molecular flexibility index (Phi) is 4.21. The fraction of sp³-hybridized carbons (Fsp3) is 0.0417. The molecule has 0 unspecified atom stereocenters. The van der Waals surface area contributed by atoms with Gasteiger partial charge in [0.05, 0.1) is 17.9 Å². The summed E-state index contributed by atoms with van der Waals surface area (Å²) >= 11 is 0. The SMILES string of the molecule is Fc1ccc(-c2nc3c(c(-c4ccc(F)cc4)c2-c2ccncc2)C=NC3)cc1. The van der Waals surface area contributed by atoms with Crippen molar-refractivity contribution in [2.75, 3.05) is 0 Å². The summed E-state index contributed by atoms with van der Waals surface area (Å²) < 4.78 is 27.1. The summed E-state index contributed by atoms with van der Waals surface area (Å²) in [6, 6.07) is 16.5. The van der Waals surface area contributed by atoms with Crippen LogP contribution in [0.15, 0.2) is 78.0 Å². The molecular weight excluding hydrogens is 368 g/mol. The summed E-state index contributed by atoms with van der Waals surface area (Å²) in [6.07, 6.45) is 5.26. The van der Waals surface area contributed by atoms with Crippen LogP contribution in [0.4, 0.5) is 8.78 Å². The van der Waals surface area contributed by atoms with Crippen molar-refractivity contribution < 1.29 is 8.78 Å². The molecule has 0 N–H and O–H groups in total. The van der Waals surface area contributed by atoms with Crippen LogP contribution in [0.1, 0.15) is 11.3 Å². The highest BCUT2D eigenvalue weighted by Gasteiger charge is 2.24. The number of nitrogens with zero attached hydrogens (tertiary/aromatic N) is 3. The smallest absolute Gasteiger partial charge is 0.123 e. The van der Waals surface area contributed by atoms with Crippen molar-refractivity contribution in [3.05, 3.63) is 95.9 Å². The van der Waals surface area contributed by atoms with E-state index in [0.29, 0.717) is 6.54 Å². The van der Waals surface area contributed by atoms with Crippen molar-refractivity contribution in [3.8, 4) is 33.5 Å². The minimum atomic E-state index is -0.303. The minimum Gasteiger partial charge on any atom is -0.286 e. The number of pyridine rings is 2. The maximum absolute atomic E-state index is 13.6. The van der Waals surface area contributed by atoms with Gasteiger partial charge in [-0.05, 0) is 59.7 Å². The van der Waals surface area contributed by atoms with Crippen LogP contribution in [0.25, 0.3) is 33.5 Å². The lowest BCUT2D eigenvalue weighted by atomic mass is 9.88. The Bertz CT molecular complexity index is 1220. The lowest BCUT2D eigenvalue weighted by molar-refractivity contribution is 0.627. The van der Waals surface area contributed by atoms with Crippen molar-refractivity contribution in [2.24, 2.45) is 4.99 Å². The van der Waals surface area contributed by atoms with Crippen LogP contribution < -0.4 is 0 Å². The molecule has 3 heterocycles. The zero-order valence-corrected chi connectivity index (χ0v) is 15.3. The quantitative estimate of drug-likeness (QED) is 0.456. The van der Waals surface area contributed by atoms with Gasteiger partial charge in [-0.3, -0.25) is 9.98 Å². The van der Waals surface area contributed by atoms with Crippen molar-refractivity contribution in [1.82, 2.24) is 9.97 Å². The van der Waals surface area contributed by atoms with Crippen LogP contribution in [0.2, 0.25) is 0 Å². The molecule has 140 valence electrons. The highest BCUT2D eigenvalue weighted by molar-refractivity contribution is 6.03. The maximum atomic E-state index is 13.6. The highest BCUT2D eigenvalue weighted by atomic mass is 19.1. The van der Waals surface area contributed by atoms with Crippen molar-refractivity contribution in [1.29, 1.82) is 0 Å². The van der Waals surface area contributed by atoms with Gasteiger partial charge in [0, 0.05) is 40.9 Å². The highest BCUT2D eigenvalue weighted by Crippen LogP contribution is 2.42. The van der Waals surface area contributed by atoms with Gasteiger partial charge < -0.3 is 0 Å². The maximum Gasteiger partial charge on any atom is 0.123 e. The van der Waals surface area contributed by atoms with E-state index in [1.807, 2.05) is 18.3 Å². The number of benzene rings is 2. The van der Waals surface area contributed by atoms with Gasteiger partial charge in [0.25, 0.3) is 0 Å². The second-order valence-corrected chi connectivity index (χ2v) is 6.79. The standard InChI is InChI=1S/C24H15F2N3/c25-18-5-1-15(2-6-18)22-20-13-28-14-21(20)29-24(17-3-7-19(26)8-4-17)23(22)16-9-11-27-12-10-16/h1-13H,14H2. The minimum absolute atomic E-state index is 0.294. The monoisotopic (exact) mass is 383 g/mol. The zero-order chi connectivity index (χ0) is 19.8. The predicted molar refractivity (Wildman–Crippen MR) is 110 cm³/mol. The molecule has 0 aliphatic carbocycles. The molecule has 0 atom stereocenters. The molecule has 29 heavy (non-hydrogen) atoms. The molecule has 4 aromatic rings. The Morgan fingerprint density at radius 2 is 1.24 bits per heavy atom. The molecule has 5 rings (SSSR count). The van der Waals surface area contributed by atoms with Crippen LogP contribution in [-0.2, 0) is 6.54 Å². The van der Waals surface area contributed by atoms with Crippen LogP contribution in [0.3, 0.4) is 0 Å². The van der Waals surface area contributed by atoms with Crippen LogP contribution >= 0.6 is 0 Å². The lowest BCUT2D eigenvalue weighted by Gasteiger charge is -2.19. The van der Waals surface area contributed by atoms with Crippen LogP contribution in [-0.4, -0.2) is 16.2 Å². The third-order valence-electron chi connectivity index (χ3n) is 4.99. The Labute approximate surface area is 166 Å². The second-order valence-electron chi connectivity index (χ2n) is 6.79. The third-order valence-corrected chi connectivity index (χ3v) is 4.99. The van der Waals surface area contributed by atoms with E-state index in [2.05, 4.69) is 9.98 Å². The summed E-state index contributed by atoms with van der Waals surface area (Å²) in [5.41, 5.74) is 6.93. The van der Waals surface area contributed by atoms with E-state index in [-0.39, 0.29) is 11.6 Å². The number of rotatable bonds is 3. The van der Waals surface area contributed by atoms with Gasteiger partial charge in [-0.1, -0.05) is 12.1 Å². The Morgan fingerprint density at radius 1 is 0.655 bits per heavy atom. The van der Waals surface area contributed by atoms with Crippen molar-refractivity contribution in [2.45, 2.75) is 6.54 Å². The van der Waals surface area contributed by atoms with Gasteiger partial charge >= 0.3 is 0 Å². The normalized spacial score (nSPS) is 12.2. The van der Waals surface area contributed by atoms with Crippen molar-refractivity contribution >= 4 is 6.21 Å². The molecule has 0 saturated heterocycles. The average molecular weight is 383 g/mol. The fourth-order valence-corrected chi connectivity index (χ4v) is 3.66. The molecule has 0 saturated carbocycles. The Morgan fingerprint density at radius 3 is 1.90 bits per heavy atom. The first-order valence-electron chi connectivity index (χ1n) is 9.19. The number of hydrogen-bond donors (Lipinski definition) is 0. The molecule has 0 bridgehead atoms. The average Bonchev–Trinajstić information content (AvgIpc) is 3.23. The first-order valence-corrected chi connectivity index (χ1v) is 9.19. The van der Waals surface area contributed by atoms with E-state index >= 15 is 0 Å². The van der Waals surface area contributed by atoms with Gasteiger partial charge in [-0.15, -0.1) is 0 Å². The third kappa shape index (κ3) is 3.10. The van der Waals surface area contributed by atoms with E-state index < -0.39 is 0 Å². The lowest BCUT2D eigenvalue weighted by Crippen LogP contribution is -2.02. The Hall–Kier alpha value is -3.73. The number of hydrogen-bond acceptors (Lipinski definition) is 3. The molecule has 0 radical (unpaired) electrons. The summed E-state index contributed by atoms with van der Waals surface area (Å²) in [5, 5.41) is 0. The number of halogens is 2. The first-order chi connectivity index (χ1) is 14.2. The molecule has 5 heteroatoms. The molecule has 2 aromatic carbocycles. The fourth-order valence-electron chi connectivity index (χ4n) is 3.66. The van der Waals surface area contributed by atoms with Crippen LogP contribution in [0, 0.1) is 11.6 Å². The van der Waals surface area contributed by atoms with E-state index in [0.717, 1.165) is 44.8 Å². The Balaban J connectivity index is 1.88. The van der Waals surface area contributed by atoms with Gasteiger partial charge in [-0.25, -0.2) is 13.8 Å². The summed E-state index contributed by atoms with van der Waals surface area (Å²) in [4.78, 5) is 13.4. The first kappa shape index (κ1) is 17.4. The van der Waals surface area contributed by atoms with Gasteiger partial charge in [0.15, 0.2) is 0 Å². The molecule has 0 spiro atoms. The number of fused-ring (bicyclic) bond motifs is 1. The molecule has 1 aliphatic heterocycles. The topological polar surface area (TPSA) is 38.1 Å². The molecule has 1 aliphatic rings. The molecule has 0 fully saturated rings. The van der Waals surface area contributed by atoms with Gasteiger partial charge in [0.1, 0.15) is 11.6 Å². The second kappa shape index (κ2) is 7.02. The van der Waals surface area contributed by atoms with E-state index in [1.54, 1.807) is 36.7 Å². The predicted octanol–water partition coefficient (Wildman–Crippen LogP) is 5.69. The van der Waals surface area contributed by atoms with E-state index in [9.17, 15) is 8.78 Å². The van der Waals surface area contributed by atoms with E-state index in [1.165, 1.54) is 24.3 Å². The van der Waals surface area contributed by atoms with Gasteiger partial charge in [-0.2, -0.15) is 0 Å². The van der Waals surface area contributed by atoms with Crippen molar-refractivity contribution in [3.63, 3.8) is 0 Å². The molecule has 2 aromatic heterocycles. The number of aliphatic imine (C=N–C) groups is 1. The summed E-state index contributed by atoms with van der Waals surface area (Å²) in [7, 11) is 0. The largest absolute Gasteiger partial charge is 0.286 e. The summed E-state index contributed by atoms with van der Waals surface area (Å²) in [5.74, 6) is -0.597. The summed E-state index contributed by atoms with van der Waals surface area (Å²) in [6.45, 7) is 0.481. The van der Waals surface area contributed by atoms with Crippen LogP contribution in [0.5, 0.6) is 0 Å². The number of aromatic nitrogens is 2. The molecular formula is C24H15F2N3. The molecule has 3 nitrogen and oxygen atoms in total. The van der Waals surface area contributed by atoms with E-state index in [4.69, 9.17) is 4.98 Å².